The number of carbonyl (C=O) groups is 2. The van der Waals surface area contributed by atoms with Gasteiger partial charge in [-0.3, -0.25) is 14.4 Å². The fourth-order valence-corrected chi connectivity index (χ4v) is 7.87. The molecule has 3 aromatic rings. The van der Waals surface area contributed by atoms with Crippen LogP contribution in [-0.4, -0.2) is 101 Å². The largest absolute Gasteiger partial charge is 0.481 e. The normalized spacial score (nSPS) is 13.2. The van der Waals surface area contributed by atoms with Gasteiger partial charge in [0, 0.05) is 25.4 Å². The van der Waals surface area contributed by atoms with Crippen molar-refractivity contribution in [1.29, 1.82) is 0 Å². The number of aromatic nitrogens is 1. The highest BCUT2D eigenvalue weighted by molar-refractivity contribution is 6.74. The van der Waals surface area contributed by atoms with Gasteiger partial charge >= 0.3 is 5.97 Å². The lowest BCUT2D eigenvalue weighted by Crippen LogP contribution is -2.41. The van der Waals surface area contributed by atoms with E-state index in [2.05, 4.69) is 90.8 Å². The summed E-state index contributed by atoms with van der Waals surface area (Å²) in [5.41, 5.74) is 6.81. The Morgan fingerprint density at radius 1 is 0.847 bits per heavy atom. The Kier molecular flexibility index (Phi) is 20.2. The average Bonchev–Trinajstić information content (AvgIpc) is 3.13. The van der Waals surface area contributed by atoms with E-state index in [1.54, 1.807) is 12.3 Å². The van der Waals surface area contributed by atoms with Gasteiger partial charge in [0.25, 0.3) is 5.56 Å². The number of likely N-dealkylation sites (N-methyl/N-ethyl adjacent to an activating group) is 1. The molecule has 0 radical (unpaired) electrons. The van der Waals surface area contributed by atoms with Crippen LogP contribution in [0, 0.1) is 26.7 Å². The van der Waals surface area contributed by atoms with E-state index in [0.717, 1.165) is 47.3 Å². The van der Waals surface area contributed by atoms with Crippen molar-refractivity contribution >= 4 is 20.2 Å². The van der Waals surface area contributed by atoms with E-state index in [-0.39, 0.29) is 22.9 Å². The van der Waals surface area contributed by atoms with Gasteiger partial charge in [0.1, 0.15) is 6.04 Å². The smallest absolute Gasteiger partial charge is 0.305 e. The molecule has 1 amide bonds. The minimum Gasteiger partial charge on any atom is -0.481 e. The Balaban J connectivity index is 1.52. The standard InChI is InChI=1S/C47H73N3O8Si/c1-34(2)15-16-42(46(54)48-41(33-44(52)53)39-13-12-14-40(32-39)45-36(4)29-35(3)30-37(45)5)50-20-18-38(31-43(50)51)17-19-49(9)21-22-55-23-24-56-25-26-57-27-28-58-59(10,11)47(6,7)8/h12-14,18,20,29-32,34,41-42H,15-17,19,21-28,33H2,1-11H3,(H,48,54)(H,52,53)/t41-,42?/m0/s1. The monoisotopic (exact) mass is 836 g/mol. The number of nitrogens with zero attached hydrogens (tertiary/aromatic N) is 2. The van der Waals surface area contributed by atoms with E-state index >= 15 is 0 Å². The second-order valence-electron chi connectivity index (χ2n) is 17.8. The zero-order valence-electron chi connectivity index (χ0n) is 37.8. The van der Waals surface area contributed by atoms with Crippen molar-refractivity contribution in [3.8, 4) is 11.1 Å². The van der Waals surface area contributed by atoms with Gasteiger partial charge in [0.05, 0.1) is 58.7 Å². The van der Waals surface area contributed by atoms with Crippen LogP contribution in [-0.2, 0) is 34.6 Å². The molecule has 1 heterocycles. The second-order valence-corrected chi connectivity index (χ2v) is 22.6. The molecule has 0 spiro atoms. The molecule has 59 heavy (non-hydrogen) atoms. The van der Waals surface area contributed by atoms with Crippen molar-refractivity contribution in [3.63, 3.8) is 0 Å². The van der Waals surface area contributed by atoms with E-state index in [9.17, 15) is 19.5 Å². The van der Waals surface area contributed by atoms with Crippen molar-refractivity contribution in [2.45, 2.75) is 111 Å². The highest BCUT2D eigenvalue weighted by Crippen LogP contribution is 2.36. The number of pyridine rings is 1. The van der Waals surface area contributed by atoms with Crippen molar-refractivity contribution in [1.82, 2.24) is 14.8 Å². The number of aliphatic carboxylic acids is 1. The Hall–Kier alpha value is -3.65. The summed E-state index contributed by atoms with van der Waals surface area (Å²) in [4.78, 5) is 41.9. The number of hydrogen-bond acceptors (Lipinski definition) is 8. The molecule has 0 saturated heterocycles. The number of carbonyl (C=O) groups excluding carboxylic acids is 1. The lowest BCUT2D eigenvalue weighted by molar-refractivity contribution is -0.138. The molecule has 12 heteroatoms. The van der Waals surface area contributed by atoms with Gasteiger partial charge in [-0.05, 0) is 117 Å². The van der Waals surface area contributed by atoms with Gasteiger partial charge in [-0.25, -0.2) is 0 Å². The Morgan fingerprint density at radius 3 is 2.03 bits per heavy atom. The summed E-state index contributed by atoms with van der Waals surface area (Å²) in [5, 5.41) is 13.1. The minimum atomic E-state index is -1.74. The third kappa shape index (κ3) is 16.7. The topological polar surface area (TPSA) is 129 Å². The SMILES string of the molecule is Cc1cc(C)c(-c2cccc([C@H](CC(=O)O)NC(=O)C(CCC(C)C)n3ccc(CCN(C)CCOCCOCCOCCO[Si](C)(C)C(C)(C)C)cc3=O)c2)c(C)c1. The lowest BCUT2D eigenvalue weighted by atomic mass is 9.91. The lowest BCUT2D eigenvalue weighted by Gasteiger charge is -2.36. The summed E-state index contributed by atoms with van der Waals surface area (Å²) in [6.45, 7) is 26.8. The summed E-state index contributed by atoms with van der Waals surface area (Å²) < 4.78 is 24.7. The van der Waals surface area contributed by atoms with Crippen LogP contribution in [0.1, 0.15) is 93.8 Å². The molecule has 0 bridgehead atoms. The van der Waals surface area contributed by atoms with Crippen molar-refractivity contribution in [2.24, 2.45) is 5.92 Å². The summed E-state index contributed by atoms with van der Waals surface area (Å²) in [6.07, 6.45) is 3.24. The molecular weight excluding hydrogens is 763 g/mol. The average molecular weight is 836 g/mol. The van der Waals surface area contributed by atoms with Crippen LogP contribution in [0.15, 0.2) is 59.5 Å². The molecule has 0 fully saturated rings. The summed E-state index contributed by atoms with van der Waals surface area (Å²) in [5.74, 6) is -1.09. The Labute approximate surface area is 354 Å². The maximum absolute atomic E-state index is 14.1. The van der Waals surface area contributed by atoms with Crippen LogP contribution < -0.4 is 10.9 Å². The quantitative estimate of drug-likeness (QED) is 0.0607. The van der Waals surface area contributed by atoms with Crippen LogP contribution in [0.2, 0.25) is 18.1 Å². The second kappa shape index (κ2) is 24.0. The first-order valence-electron chi connectivity index (χ1n) is 21.3. The van der Waals surface area contributed by atoms with Crippen LogP contribution in [0.5, 0.6) is 0 Å². The molecule has 3 rings (SSSR count). The van der Waals surface area contributed by atoms with Crippen LogP contribution in [0.25, 0.3) is 11.1 Å². The van der Waals surface area contributed by atoms with Crippen LogP contribution >= 0.6 is 0 Å². The first kappa shape index (κ1) is 49.7. The fraction of sp³-hybridized carbons (Fsp3) is 0.596. The van der Waals surface area contributed by atoms with Crippen molar-refractivity contribution < 1.29 is 33.3 Å². The summed E-state index contributed by atoms with van der Waals surface area (Å²) >= 11 is 0. The molecule has 0 aliphatic carbocycles. The van der Waals surface area contributed by atoms with E-state index in [1.165, 1.54) is 10.1 Å². The predicted molar refractivity (Wildman–Crippen MR) is 240 cm³/mol. The van der Waals surface area contributed by atoms with E-state index in [1.807, 2.05) is 37.4 Å². The number of carboxylic acid groups (broad SMARTS) is 1. The van der Waals surface area contributed by atoms with E-state index in [4.69, 9.17) is 18.6 Å². The molecule has 0 saturated carbocycles. The number of nitrogens with one attached hydrogen (secondary N) is 1. The van der Waals surface area contributed by atoms with Crippen molar-refractivity contribution in [3.05, 3.63) is 92.9 Å². The number of amides is 1. The molecule has 11 nitrogen and oxygen atoms in total. The number of ether oxygens (including phenoxy) is 3. The fourth-order valence-electron chi connectivity index (χ4n) is 6.84. The zero-order chi connectivity index (χ0) is 43.8. The minimum absolute atomic E-state index is 0.189. The first-order chi connectivity index (χ1) is 27.8. The van der Waals surface area contributed by atoms with Crippen molar-refractivity contribution in [2.75, 3.05) is 66.4 Å². The number of carboxylic acids is 1. The molecule has 328 valence electrons. The van der Waals surface area contributed by atoms with Gasteiger partial charge in [0.2, 0.25) is 5.91 Å². The Morgan fingerprint density at radius 2 is 1.46 bits per heavy atom. The highest BCUT2D eigenvalue weighted by atomic mass is 28.4. The maximum atomic E-state index is 14.1. The third-order valence-electron chi connectivity index (χ3n) is 11.3. The first-order valence-corrected chi connectivity index (χ1v) is 24.2. The van der Waals surface area contributed by atoms with Gasteiger partial charge in [-0.2, -0.15) is 0 Å². The maximum Gasteiger partial charge on any atom is 0.305 e. The molecule has 1 unspecified atom stereocenters. The number of aryl methyl sites for hydroxylation is 3. The molecule has 2 atom stereocenters. The van der Waals surface area contributed by atoms with E-state index < -0.39 is 26.4 Å². The van der Waals surface area contributed by atoms with Gasteiger partial charge in [0.15, 0.2) is 8.32 Å². The van der Waals surface area contributed by atoms with E-state index in [0.29, 0.717) is 70.6 Å². The predicted octanol–water partition coefficient (Wildman–Crippen LogP) is 8.30. The van der Waals surface area contributed by atoms with Crippen LogP contribution in [0.3, 0.4) is 0 Å². The van der Waals surface area contributed by atoms with Gasteiger partial charge in [-0.15, -0.1) is 0 Å². The molecule has 2 N–H and O–H groups in total. The molecule has 2 aromatic carbocycles. The molecule has 0 aliphatic rings. The summed E-state index contributed by atoms with van der Waals surface area (Å²) in [7, 11) is 0.275. The molecule has 0 aliphatic heterocycles. The number of rotatable bonds is 26. The summed E-state index contributed by atoms with van der Waals surface area (Å²) in [6, 6.07) is 13.9. The Bertz CT molecular complexity index is 1810. The van der Waals surface area contributed by atoms with Gasteiger partial charge in [-0.1, -0.05) is 70.5 Å². The van der Waals surface area contributed by atoms with Crippen LogP contribution in [0.4, 0.5) is 0 Å². The molecule has 1 aromatic heterocycles. The third-order valence-corrected chi connectivity index (χ3v) is 15.8. The van der Waals surface area contributed by atoms with Gasteiger partial charge < -0.3 is 38.5 Å². The number of benzene rings is 2. The highest BCUT2D eigenvalue weighted by Gasteiger charge is 2.37. The zero-order valence-corrected chi connectivity index (χ0v) is 38.8. The number of hydrogen-bond donors (Lipinski definition) is 2. The molecular formula is C47H73N3O8Si.